The minimum Gasteiger partial charge on any atom is -0.435 e. The first kappa shape index (κ1) is 23.8. The van der Waals surface area contributed by atoms with E-state index in [-0.39, 0.29) is 27.4 Å². The summed E-state index contributed by atoms with van der Waals surface area (Å²) in [5, 5.41) is 3.00. The van der Waals surface area contributed by atoms with Crippen LogP contribution in [-0.4, -0.2) is 30.9 Å². The van der Waals surface area contributed by atoms with Crippen molar-refractivity contribution in [1.82, 2.24) is 9.97 Å². The number of ether oxygens (including phenoxy) is 1. The third-order valence-corrected chi connectivity index (χ3v) is 7.03. The lowest BCUT2D eigenvalue weighted by Gasteiger charge is -2.12. The number of alkyl halides is 2. The number of hydrogen-bond donors (Lipinski definition) is 2. The lowest BCUT2D eigenvalue weighted by atomic mass is 10.1. The highest BCUT2D eigenvalue weighted by molar-refractivity contribution is 7.92. The van der Waals surface area contributed by atoms with Crippen molar-refractivity contribution < 1.29 is 26.7 Å². The van der Waals surface area contributed by atoms with Gasteiger partial charge >= 0.3 is 6.61 Å². The molecular formula is C21H15ClF2N4O4S2. The Bertz CT molecular complexity index is 1500. The molecule has 2 aromatic carbocycles. The number of anilines is 2. The topological polar surface area (TPSA) is 110 Å². The SMILES string of the molecule is CC(=O)Nc1nc2ccc(-c3cnc(Cl)c(NS(=O)(=O)c4cccc(OC(F)F)c4)c3)cc2s1. The van der Waals surface area contributed by atoms with Crippen LogP contribution >= 0.6 is 22.9 Å². The number of carbonyl (C=O) groups excluding carboxylic acids is 1. The molecule has 8 nitrogen and oxygen atoms in total. The maximum atomic E-state index is 12.8. The molecule has 0 radical (unpaired) electrons. The number of nitrogens with one attached hydrogen (secondary N) is 2. The van der Waals surface area contributed by atoms with Crippen LogP contribution in [-0.2, 0) is 14.8 Å². The number of amides is 1. The van der Waals surface area contributed by atoms with E-state index in [9.17, 15) is 22.0 Å². The number of halogens is 3. The normalized spacial score (nSPS) is 11.6. The second-order valence-corrected chi connectivity index (χ2v) is 9.97. The number of aromatic nitrogens is 2. The van der Waals surface area contributed by atoms with E-state index in [2.05, 4.69) is 24.7 Å². The van der Waals surface area contributed by atoms with Gasteiger partial charge in [-0.3, -0.25) is 9.52 Å². The van der Waals surface area contributed by atoms with Gasteiger partial charge in [0, 0.05) is 24.8 Å². The summed E-state index contributed by atoms with van der Waals surface area (Å²) in [4.78, 5) is 19.4. The molecule has 2 heterocycles. The highest BCUT2D eigenvalue weighted by Gasteiger charge is 2.19. The fourth-order valence-electron chi connectivity index (χ4n) is 3.01. The molecule has 176 valence electrons. The molecule has 1 amide bonds. The molecule has 0 unspecified atom stereocenters. The van der Waals surface area contributed by atoms with Crippen molar-refractivity contribution in [2.75, 3.05) is 10.0 Å². The average molecular weight is 525 g/mol. The Labute approximate surface area is 201 Å². The summed E-state index contributed by atoms with van der Waals surface area (Å²) in [5.41, 5.74) is 1.96. The summed E-state index contributed by atoms with van der Waals surface area (Å²) in [7, 11) is -4.18. The maximum Gasteiger partial charge on any atom is 0.387 e. The first-order chi connectivity index (χ1) is 16.1. The van der Waals surface area contributed by atoms with Gasteiger partial charge < -0.3 is 10.1 Å². The number of benzene rings is 2. The molecule has 0 atom stereocenters. The van der Waals surface area contributed by atoms with E-state index >= 15 is 0 Å². The molecule has 0 saturated heterocycles. The molecule has 13 heteroatoms. The van der Waals surface area contributed by atoms with Gasteiger partial charge in [0.25, 0.3) is 10.0 Å². The Hall–Kier alpha value is -3.35. The van der Waals surface area contributed by atoms with E-state index in [1.54, 1.807) is 12.1 Å². The van der Waals surface area contributed by atoms with Crippen LogP contribution in [0.25, 0.3) is 21.3 Å². The van der Waals surface area contributed by atoms with Crippen molar-refractivity contribution in [2.24, 2.45) is 0 Å². The van der Waals surface area contributed by atoms with E-state index in [1.807, 2.05) is 6.07 Å². The smallest absolute Gasteiger partial charge is 0.387 e. The standard InChI is InChI=1S/C21H15ClF2N4O4S2/c1-11(29)26-21-27-16-6-5-12(8-18(16)33-21)13-7-17(19(22)25-10-13)28-34(30,31)15-4-2-3-14(9-15)32-20(23)24/h2-10,20,28H,1H3,(H,26,27,29). The summed E-state index contributed by atoms with van der Waals surface area (Å²) >= 11 is 7.40. The third-order valence-electron chi connectivity index (χ3n) is 4.43. The molecule has 0 saturated carbocycles. The number of pyridine rings is 1. The van der Waals surface area contributed by atoms with Crippen molar-refractivity contribution in [3.63, 3.8) is 0 Å². The van der Waals surface area contributed by atoms with Crippen LogP contribution in [0.15, 0.2) is 59.6 Å². The average Bonchev–Trinajstić information content (AvgIpc) is 3.15. The molecule has 0 aliphatic carbocycles. The Morgan fingerprint density at radius 2 is 1.94 bits per heavy atom. The first-order valence-electron chi connectivity index (χ1n) is 9.52. The Morgan fingerprint density at radius 1 is 1.15 bits per heavy atom. The number of carbonyl (C=O) groups is 1. The zero-order chi connectivity index (χ0) is 24.5. The minimum atomic E-state index is -4.18. The van der Waals surface area contributed by atoms with E-state index in [0.717, 1.165) is 10.8 Å². The van der Waals surface area contributed by atoms with Crippen LogP contribution < -0.4 is 14.8 Å². The molecule has 0 bridgehead atoms. The molecular weight excluding hydrogens is 510 g/mol. The highest BCUT2D eigenvalue weighted by atomic mass is 35.5. The number of thiazole rings is 1. The van der Waals surface area contributed by atoms with Gasteiger partial charge in [-0.2, -0.15) is 8.78 Å². The number of nitrogens with zero attached hydrogens (tertiary/aromatic N) is 2. The van der Waals surface area contributed by atoms with Crippen molar-refractivity contribution >= 4 is 59.9 Å². The molecule has 2 aromatic heterocycles. The van der Waals surface area contributed by atoms with Gasteiger partial charge in [-0.25, -0.2) is 18.4 Å². The largest absolute Gasteiger partial charge is 0.435 e. The van der Waals surface area contributed by atoms with Crippen LogP contribution in [0.4, 0.5) is 19.6 Å². The summed E-state index contributed by atoms with van der Waals surface area (Å²) in [6.45, 7) is -1.70. The number of rotatable bonds is 7. The fourth-order valence-corrected chi connectivity index (χ4v) is 5.26. The van der Waals surface area contributed by atoms with Crippen LogP contribution in [0.5, 0.6) is 5.75 Å². The third kappa shape index (κ3) is 5.41. The molecule has 0 spiro atoms. The van der Waals surface area contributed by atoms with Gasteiger partial charge in [0.2, 0.25) is 5.91 Å². The zero-order valence-electron chi connectivity index (χ0n) is 17.3. The van der Waals surface area contributed by atoms with Gasteiger partial charge in [0.15, 0.2) is 10.3 Å². The van der Waals surface area contributed by atoms with E-state index in [0.29, 0.717) is 21.8 Å². The fraction of sp³-hybridized carbons (Fsp3) is 0.0952. The highest BCUT2D eigenvalue weighted by Crippen LogP contribution is 2.33. The van der Waals surface area contributed by atoms with Crippen molar-refractivity contribution in [1.29, 1.82) is 0 Å². The van der Waals surface area contributed by atoms with Crippen LogP contribution in [0, 0.1) is 0 Å². The van der Waals surface area contributed by atoms with E-state index < -0.39 is 16.6 Å². The van der Waals surface area contributed by atoms with Gasteiger partial charge in [-0.1, -0.05) is 35.1 Å². The lowest BCUT2D eigenvalue weighted by Crippen LogP contribution is -2.14. The molecule has 4 rings (SSSR count). The van der Waals surface area contributed by atoms with Crippen molar-refractivity contribution in [3.05, 3.63) is 59.9 Å². The zero-order valence-corrected chi connectivity index (χ0v) is 19.6. The lowest BCUT2D eigenvalue weighted by molar-refractivity contribution is -0.114. The summed E-state index contributed by atoms with van der Waals surface area (Å²) in [6.07, 6.45) is 1.48. The maximum absolute atomic E-state index is 12.8. The van der Waals surface area contributed by atoms with E-state index in [4.69, 9.17) is 11.6 Å². The molecule has 0 aliphatic rings. The molecule has 0 fully saturated rings. The van der Waals surface area contributed by atoms with Crippen LogP contribution in [0.1, 0.15) is 6.92 Å². The summed E-state index contributed by atoms with van der Waals surface area (Å²) in [5.74, 6) is -0.531. The first-order valence-corrected chi connectivity index (χ1v) is 12.2. The minimum absolute atomic E-state index is 0.00249. The van der Waals surface area contributed by atoms with Crippen molar-refractivity contribution in [2.45, 2.75) is 18.4 Å². The molecule has 4 aromatic rings. The van der Waals surface area contributed by atoms with Gasteiger partial charge in [-0.05, 0) is 35.9 Å². The summed E-state index contributed by atoms with van der Waals surface area (Å²) < 4.78 is 58.0. The number of sulfonamides is 1. The Kier molecular flexibility index (Phi) is 6.64. The number of fused-ring (bicyclic) bond motifs is 1. The van der Waals surface area contributed by atoms with Gasteiger partial charge in [0.05, 0.1) is 20.8 Å². The van der Waals surface area contributed by atoms with Crippen molar-refractivity contribution in [3.8, 4) is 16.9 Å². The predicted molar refractivity (Wildman–Crippen MR) is 126 cm³/mol. The predicted octanol–water partition coefficient (Wildman–Crippen LogP) is 5.37. The molecule has 2 N–H and O–H groups in total. The molecule has 0 aliphatic heterocycles. The molecule has 34 heavy (non-hydrogen) atoms. The second kappa shape index (κ2) is 9.49. The summed E-state index contributed by atoms with van der Waals surface area (Å²) in [6, 6.07) is 11.6. The monoisotopic (exact) mass is 524 g/mol. The Balaban J connectivity index is 1.64. The second-order valence-electron chi connectivity index (χ2n) is 6.90. The Morgan fingerprint density at radius 3 is 2.68 bits per heavy atom. The van der Waals surface area contributed by atoms with Gasteiger partial charge in [0.1, 0.15) is 5.75 Å². The number of hydrogen-bond acceptors (Lipinski definition) is 7. The quantitative estimate of drug-likeness (QED) is 0.314. The van der Waals surface area contributed by atoms with E-state index in [1.165, 1.54) is 48.7 Å². The van der Waals surface area contributed by atoms with Crippen LogP contribution in [0.2, 0.25) is 5.15 Å². The van der Waals surface area contributed by atoms with Gasteiger partial charge in [-0.15, -0.1) is 0 Å². The van der Waals surface area contributed by atoms with Crippen LogP contribution in [0.3, 0.4) is 0 Å².